The zero-order chi connectivity index (χ0) is 40.8. The number of nitrogens with zero attached hydrogens (tertiary/aromatic N) is 1. The molecule has 0 aliphatic heterocycles. The lowest BCUT2D eigenvalue weighted by Gasteiger charge is -2.34. The van der Waals surface area contributed by atoms with E-state index in [2.05, 4.69) is 194 Å². The van der Waals surface area contributed by atoms with Gasteiger partial charge in [0.25, 0.3) is 0 Å². The van der Waals surface area contributed by atoms with Gasteiger partial charge in [-0.2, -0.15) is 0 Å². The Bertz CT molecular complexity index is 3320. The van der Waals surface area contributed by atoms with Crippen LogP contribution in [-0.2, 0) is 5.41 Å². The molecule has 1 aliphatic rings. The van der Waals surface area contributed by atoms with Gasteiger partial charge in [-0.3, -0.25) is 5.41 Å². The minimum atomic E-state index is -0.515. The molecule has 0 saturated heterocycles. The number of rotatable bonds is 7. The Morgan fingerprint density at radius 2 is 0.984 bits per heavy atom. The highest BCUT2D eigenvalue weighted by atomic mass is 14.8. The number of fused-ring (bicyclic) bond motifs is 6. The number of aliphatic imine (C=N–C) groups is 1. The summed E-state index contributed by atoms with van der Waals surface area (Å²) in [6.07, 6.45) is 4.20. The van der Waals surface area contributed by atoms with E-state index in [1.807, 2.05) is 42.5 Å². The summed E-state index contributed by atoms with van der Waals surface area (Å²) < 4.78 is 0. The molecule has 61 heavy (non-hydrogen) atoms. The molecular weight excluding hydrogens is 737 g/mol. The van der Waals surface area contributed by atoms with Gasteiger partial charge in [-0.05, 0) is 107 Å². The largest absolute Gasteiger partial charge is 0.282 e. The van der Waals surface area contributed by atoms with E-state index < -0.39 is 5.41 Å². The van der Waals surface area contributed by atoms with E-state index >= 15 is 0 Å². The monoisotopic (exact) mass is 776 g/mol. The van der Waals surface area contributed by atoms with Crippen molar-refractivity contribution in [2.45, 2.75) is 5.41 Å². The average Bonchev–Trinajstić information content (AvgIpc) is 3.61. The molecule has 286 valence electrons. The molecule has 0 radical (unpaired) electrons. The van der Waals surface area contributed by atoms with Gasteiger partial charge >= 0.3 is 0 Å². The maximum Gasteiger partial charge on any atom is 0.153 e. The molecule has 0 fully saturated rings. The minimum Gasteiger partial charge on any atom is -0.282 e. The Kier molecular flexibility index (Phi) is 8.90. The van der Waals surface area contributed by atoms with Crippen molar-refractivity contribution in [1.29, 1.82) is 5.41 Å². The van der Waals surface area contributed by atoms with Crippen LogP contribution in [0.2, 0.25) is 0 Å². The number of nitrogens with one attached hydrogen (secondary N) is 1. The Labute approximate surface area is 356 Å². The second-order valence-electron chi connectivity index (χ2n) is 15.8. The van der Waals surface area contributed by atoms with Crippen LogP contribution in [0.1, 0.15) is 38.9 Å². The molecule has 10 aromatic carbocycles. The quantitative estimate of drug-likeness (QED) is 0.124. The first-order valence-corrected chi connectivity index (χ1v) is 20.9. The topological polar surface area (TPSA) is 36.2 Å². The molecule has 1 N–H and O–H groups in total. The van der Waals surface area contributed by atoms with E-state index in [-0.39, 0.29) is 5.84 Å². The summed E-state index contributed by atoms with van der Waals surface area (Å²) in [5, 5.41) is 16.1. The molecule has 2 heteroatoms. The lowest BCUT2D eigenvalue weighted by atomic mass is 9.67. The van der Waals surface area contributed by atoms with Crippen molar-refractivity contribution < 1.29 is 0 Å². The van der Waals surface area contributed by atoms with Crippen molar-refractivity contribution in [3.63, 3.8) is 0 Å². The van der Waals surface area contributed by atoms with Crippen LogP contribution in [0.15, 0.2) is 236 Å². The van der Waals surface area contributed by atoms with Crippen molar-refractivity contribution in [1.82, 2.24) is 0 Å². The van der Waals surface area contributed by atoms with Crippen molar-refractivity contribution >= 4 is 49.9 Å². The first-order chi connectivity index (χ1) is 30.2. The van der Waals surface area contributed by atoms with Crippen molar-refractivity contribution in [2.75, 3.05) is 0 Å². The Morgan fingerprint density at radius 3 is 1.70 bits per heavy atom. The molecule has 1 aliphatic carbocycles. The van der Waals surface area contributed by atoms with Gasteiger partial charge in [-0.25, -0.2) is 4.99 Å². The molecule has 0 heterocycles. The summed E-state index contributed by atoms with van der Waals surface area (Å²) in [4.78, 5) is 4.97. The number of hydrogen-bond acceptors (Lipinski definition) is 1. The highest BCUT2D eigenvalue weighted by Crippen LogP contribution is 2.57. The zero-order valence-corrected chi connectivity index (χ0v) is 33.5. The van der Waals surface area contributed by atoms with Gasteiger partial charge in [-0.1, -0.05) is 212 Å². The summed E-state index contributed by atoms with van der Waals surface area (Å²) in [6, 6.07) is 80.3. The van der Waals surface area contributed by atoms with E-state index in [4.69, 9.17) is 4.99 Å². The van der Waals surface area contributed by atoms with Gasteiger partial charge in [-0.15, -0.1) is 0 Å². The summed E-state index contributed by atoms with van der Waals surface area (Å²) in [6.45, 7) is 0. The van der Waals surface area contributed by atoms with Crippen LogP contribution in [0.4, 0.5) is 0 Å². The molecule has 2 nitrogen and oxygen atoms in total. The fourth-order valence-corrected chi connectivity index (χ4v) is 9.65. The number of amidine groups is 1. The van der Waals surface area contributed by atoms with Gasteiger partial charge in [0.2, 0.25) is 0 Å². The molecule has 0 amide bonds. The average molecular weight is 777 g/mol. The second kappa shape index (κ2) is 15.0. The van der Waals surface area contributed by atoms with Crippen LogP contribution in [-0.4, -0.2) is 11.5 Å². The fourth-order valence-electron chi connectivity index (χ4n) is 9.65. The molecular formula is C59H40N2. The third-order valence-electron chi connectivity index (χ3n) is 12.5. The van der Waals surface area contributed by atoms with Crippen molar-refractivity contribution in [2.24, 2.45) is 4.99 Å². The summed E-state index contributed by atoms with van der Waals surface area (Å²) in [5.41, 5.74) is 13.1. The predicted molar refractivity (Wildman–Crippen MR) is 257 cm³/mol. The Balaban J connectivity index is 1.06. The number of benzene rings is 10. The standard InChI is InChI=1S/C59H40N2/c60-58(53-30-16-22-40-17-12-13-28-49(40)53)61-57(42-18-4-1-5-19-42)36-33-41-31-34-50(51-29-15-14-27-48(41)51)45-32-35-52-54-37-43-20-10-11-21-44(43)38-56(54)59(55(52)39-45,46-23-6-2-7-24-46)47-25-8-3-9-26-47/h1-39,60H/b36-33+,60-58?,61-57?. The summed E-state index contributed by atoms with van der Waals surface area (Å²) >= 11 is 0. The molecule has 0 aromatic heterocycles. The first kappa shape index (κ1) is 36.2. The lowest BCUT2D eigenvalue weighted by molar-refractivity contribution is 0.770. The van der Waals surface area contributed by atoms with E-state index in [9.17, 15) is 5.41 Å². The van der Waals surface area contributed by atoms with Crippen LogP contribution in [0.25, 0.3) is 60.6 Å². The lowest BCUT2D eigenvalue weighted by Crippen LogP contribution is -2.28. The van der Waals surface area contributed by atoms with E-state index in [0.29, 0.717) is 0 Å². The van der Waals surface area contributed by atoms with E-state index in [1.165, 1.54) is 60.7 Å². The van der Waals surface area contributed by atoms with E-state index in [1.54, 1.807) is 0 Å². The number of hydrogen-bond donors (Lipinski definition) is 1. The maximum absolute atomic E-state index is 9.18. The van der Waals surface area contributed by atoms with Gasteiger partial charge in [0.15, 0.2) is 5.84 Å². The summed E-state index contributed by atoms with van der Waals surface area (Å²) in [7, 11) is 0. The van der Waals surface area contributed by atoms with Crippen molar-refractivity contribution in [3.8, 4) is 22.3 Å². The van der Waals surface area contributed by atoms with Crippen LogP contribution in [0.5, 0.6) is 0 Å². The first-order valence-electron chi connectivity index (χ1n) is 20.9. The normalized spacial score (nSPS) is 13.1. The molecule has 11 rings (SSSR count). The fraction of sp³-hybridized carbons (Fsp3) is 0.0169. The van der Waals surface area contributed by atoms with Crippen LogP contribution in [0.3, 0.4) is 0 Å². The van der Waals surface area contributed by atoms with Crippen LogP contribution in [0, 0.1) is 5.41 Å². The molecule has 0 saturated carbocycles. The van der Waals surface area contributed by atoms with Gasteiger partial charge in [0, 0.05) is 11.1 Å². The van der Waals surface area contributed by atoms with Crippen LogP contribution >= 0.6 is 0 Å². The Morgan fingerprint density at radius 1 is 0.426 bits per heavy atom. The minimum absolute atomic E-state index is 0.231. The molecule has 0 bridgehead atoms. The molecule has 0 unspecified atom stereocenters. The molecule has 0 spiro atoms. The Hall–Kier alpha value is -7.94. The van der Waals surface area contributed by atoms with Gasteiger partial charge < -0.3 is 0 Å². The summed E-state index contributed by atoms with van der Waals surface area (Å²) in [5.74, 6) is 0.231. The van der Waals surface area contributed by atoms with Gasteiger partial charge in [0.05, 0.1) is 11.1 Å². The maximum atomic E-state index is 9.18. The zero-order valence-electron chi connectivity index (χ0n) is 33.5. The number of allylic oxidation sites excluding steroid dienone is 1. The van der Waals surface area contributed by atoms with Crippen molar-refractivity contribution in [3.05, 3.63) is 269 Å². The third-order valence-corrected chi connectivity index (χ3v) is 12.5. The SMILES string of the molecule is N=C(N=C(/C=C/c1ccc(-c2ccc3c(c2)C(c2ccccc2)(c2ccccc2)c2cc4ccccc4cc2-3)c2ccccc12)c1ccccc1)c1cccc2ccccc12. The molecule has 10 aromatic rings. The highest BCUT2D eigenvalue weighted by molar-refractivity contribution is 6.20. The van der Waals surface area contributed by atoms with E-state index in [0.717, 1.165) is 38.6 Å². The van der Waals surface area contributed by atoms with Gasteiger partial charge in [0.1, 0.15) is 0 Å². The molecule has 0 atom stereocenters. The second-order valence-corrected chi connectivity index (χ2v) is 15.8. The predicted octanol–water partition coefficient (Wildman–Crippen LogP) is 14.7. The van der Waals surface area contributed by atoms with Crippen LogP contribution < -0.4 is 0 Å². The highest BCUT2D eigenvalue weighted by Gasteiger charge is 2.46. The third kappa shape index (κ3) is 6.12. The smallest absolute Gasteiger partial charge is 0.153 e.